The fourth-order valence-corrected chi connectivity index (χ4v) is 1.03. The molecule has 0 bridgehead atoms. The first-order chi connectivity index (χ1) is 5.43. The Kier molecular flexibility index (Phi) is 2.44. The molecule has 12 heavy (non-hydrogen) atoms. The fourth-order valence-electron chi connectivity index (χ4n) is 0.643. The molecule has 0 aliphatic rings. The van der Waals surface area contributed by atoms with Crippen LogP contribution in [0.15, 0.2) is 17.3 Å². The Balaban J connectivity index is 3.26. The summed E-state index contributed by atoms with van der Waals surface area (Å²) in [7, 11) is 0. The van der Waals surface area contributed by atoms with Crippen LogP contribution in [-0.4, -0.2) is 4.98 Å². The molecule has 6 heteroatoms. The molecule has 0 aliphatic heterocycles. The van der Waals surface area contributed by atoms with Crippen LogP contribution in [0.1, 0.15) is 5.56 Å². The van der Waals surface area contributed by atoms with Crippen LogP contribution in [0.25, 0.3) is 0 Å². The molecule has 0 atom stereocenters. The van der Waals surface area contributed by atoms with Gasteiger partial charge in [-0.05, 0) is 6.07 Å². The van der Waals surface area contributed by atoms with Gasteiger partial charge in [0.15, 0.2) is 0 Å². The van der Waals surface area contributed by atoms with E-state index >= 15 is 0 Å². The molecular formula is C6H2ClF3NS. The van der Waals surface area contributed by atoms with Crippen molar-refractivity contribution in [3.05, 3.63) is 22.8 Å². The van der Waals surface area contributed by atoms with Crippen molar-refractivity contribution >= 4 is 24.2 Å². The SMILES string of the molecule is FC(F)(F)c1ccnc([S])c1Cl. The van der Waals surface area contributed by atoms with Crippen LogP contribution >= 0.6 is 24.2 Å². The third kappa shape index (κ3) is 1.78. The molecule has 0 saturated carbocycles. The van der Waals surface area contributed by atoms with Gasteiger partial charge in [0.05, 0.1) is 10.6 Å². The predicted octanol–water partition coefficient (Wildman–Crippen LogP) is 3.31. The smallest absolute Gasteiger partial charge is 0.244 e. The molecule has 1 rings (SSSR count). The van der Waals surface area contributed by atoms with Gasteiger partial charge in [0.25, 0.3) is 0 Å². The third-order valence-electron chi connectivity index (χ3n) is 1.16. The van der Waals surface area contributed by atoms with E-state index in [0.717, 1.165) is 12.3 Å². The topological polar surface area (TPSA) is 12.9 Å². The van der Waals surface area contributed by atoms with E-state index in [0.29, 0.717) is 0 Å². The van der Waals surface area contributed by atoms with Gasteiger partial charge in [-0.15, -0.1) is 0 Å². The van der Waals surface area contributed by atoms with Gasteiger partial charge in [0.2, 0.25) is 0 Å². The molecule has 0 fully saturated rings. The lowest BCUT2D eigenvalue weighted by molar-refractivity contribution is -0.137. The van der Waals surface area contributed by atoms with E-state index in [2.05, 4.69) is 17.6 Å². The molecule has 1 nitrogen and oxygen atoms in total. The molecule has 1 heterocycles. The largest absolute Gasteiger partial charge is 0.418 e. The number of pyridine rings is 1. The van der Waals surface area contributed by atoms with Gasteiger partial charge < -0.3 is 0 Å². The van der Waals surface area contributed by atoms with Gasteiger partial charge in [-0.1, -0.05) is 24.2 Å². The van der Waals surface area contributed by atoms with Crippen LogP contribution < -0.4 is 0 Å². The number of rotatable bonds is 0. The first-order valence-electron chi connectivity index (χ1n) is 2.81. The van der Waals surface area contributed by atoms with Crippen molar-refractivity contribution in [1.82, 2.24) is 4.98 Å². The van der Waals surface area contributed by atoms with Crippen molar-refractivity contribution < 1.29 is 13.2 Å². The highest BCUT2D eigenvalue weighted by molar-refractivity contribution is 7.80. The zero-order valence-electron chi connectivity index (χ0n) is 5.52. The lowest BCUT2D eigenvalue weighted by Crippen LogP contribution is -2.06. The number of nitrogens with zero attached hydrogens (tertiary/aromatic N) is 1. The van der Waals surface area contributed by atoms with E-state index < -0.39 is 16.8 Å². The summed E-state index contributed by atoms with van der Waals surface area (Å²) in [6.45, 7) is 0. The van der Waals surface area contributed by atoms with Crippen molar-refractivity contribution in [3.8, 4) is 0 Å². The van der Waals surface area contributed by atoms with Crippen LogP contribution in [0.2, 0.25) is 5.02 Å². The Morgan fingerprint density at radius 3 is 2.42 bits per heavy atom. The second-order valence-electron chi connectivity index (χ2n) is 1.98. The number of hydrogen-bond acceptors (Lipinski definition) is 1. The molecule has 0 aromatic carbocycles. The Morgan fingerprint density at radius 1 is 1.42 bits per heavy atom. The number of halogens is 4. The number of hydrogen-bond donors (Lipinski definition) is 0. The Morgan fingerprint density at radius 2 is 2.00 bits per heavy atom. The van der Waals surface area contributed by atoms with E-state index in [4.69, 9.17) is 11.6 Å². The monoisotopic (exact) mass is 212 g/mol. The second kappa shape index (κ2) is 3.06. The first kappa shape index (κ1) is 9.54. The minimum atomic E-state index is -4.46. The minimum Gasteiger partial charge on any atom is -0.244 e. The Labute approximate surface area is 77.0 Å². The van der Waals surface area contributed by atoms with Gasteiger partial charge in [-0.3, -0.25) is 0 Å². The van der Waals surface area contributed by atoms with E-state index in [9.17, 15) is 13.2 Å². The van der Waals surface area contributed by atoms with Gasteiger partial charge >= 0.3 is 6.18 Å². The second-order valence-corrected chi connectivity index (χ2v) is 2.74. The van der Waals surface area contributed by atoms with Crippen LogP contribution in [0.5, 0.6) is 0 Å². The summed E-state index contributed by atoms with van der Waals surface area (Å²) in [6, 6.07) is 0.790. The van der Waals surface area contributed by atoms with Crippen LogP contribution in [0.4, 0.5) is 13.2 Å². The van der Waals surface area contributed by atoms with Crippen molar-refractivity contribution in [2.75, 3.05) is 0 Å². The van der Waals surface area contributed by atoms with Crippen molar-refractivity contribution in [2.45, 2.75) is 11.2 Å². The standard InChI is InChI=1S/C6H2ClF3NS/c7-4-3(6(8,9)10)1-2-11-5(4)12/h1-2H. The summed E-state index contributed by atoms with van der Waals surface area (Å²) in [5, 5.41) is -0.744. The Bertz CT molecular complexity index is 299. The molecule has 0 spiro atoms. The molecule has 1 aromatic heterocycles. The fraction of sp³-hybridized carbons (Fsp3) is 0.167. The maximum absolute atomic E-state index is 12.1. The van der Waals surface area contributed by atoms with E-state index in [-0.39, 0.29) is 5.03 Å². The summed E-state index contributed by atoms with van der Waals surface area (Å²) in [5.41, 5.74) is -0.941. The zero-order chi connectivity index (χ0) is 9.35. The highest BCUT2D eigenvalue weighted by Crippen LogP contribution is 2.36. The van der Waals surface area contributed by atoms with Gasteiger partial charge in [0.1, 0.15) is 5.03 Å². The molecule has 0 aliphatic carbocycles. The minimum absolute atomic E-state index is 0.230. The highest BCUT2D eigenvalue weighted by Gasteiger charge is 2.33. The van der Waals surface area contributed by atoms with E-state index in [1.807, 2.05) is 0 Å². The van der Waals surface area contributed by atoms with Gasteiger partial charge in [0, 0.05) is 6.20 Å². The van der Waals surface area contributed by atoms with E-state index in [1.165, 1.54) is 0 Å². The van der Waals surface area contributed by atoms with E-state index in [1.54, 1.807) is 0 Å². The summed E-state index contributed by atoms with van der Waals surface area (Å²) in [4.78, 5) is 3.44. The maximum atomic E-state index is 12.1. The first-order valence-corrected chi connectivity index (χ1v) is 3.60. The van der Waals surface area contributed by atoms with Crippen molar-refractivity contribution in [3.63, 3.8) is 0 Å². The average Bonchev–Trinajstić information content (AvgIpc) is 1.92. The normalized spacial score (nSPS) is 11.7. The molecule has 0 unspecified atom stereocenters. The lowest BCUT2D eigenvalue weighted by Gasteiger charge is -2.07. The van der Waals surface area contributed by atoms with Gasteiger partial charge in [-0.2, -0.15) is 13.2 Å². The zero-order valence-corrected chi connectivity index (χ0v) is 7.09. The molecule has 0 amide bonds. The quantitative estimate of drug-likeness (QED) is 0.643. The molecule has 0 N–H and O–H groups in total. The van der Waals surface area contributed by atoms with Crippen LogP contribution in [-0.2, 0) is 6.18 Å². The molecule has 0 saturated heterocycles. The molecule has 1 radical (unpaired) electrons. The maximum Gasteiger partial charge on any atom is 0.418 e. The molecule has 65 valence electrons. The highest BCUT2D eigenvalue weighted by atomic mass is 35.5. The van der Waals surface area contributed by atoms with Gasteiger partial charge in [-0.25, -0.2) is 4.98 Å². The predicted molar refractivity (Wildman–Crippen MR) is 40.1 cm³/mol. The van der Waals surface area contributed by atoms with Crippen molar-refractivity contribution in [2.24, 2.45) is 0 Å². The third-order valence-corrected chi connectivity index (χ3v) is 1.97. The van der Waals surface area contributed by atoms with Crippen molar-refractivity contribution in [1.29, 1.82) is 0 Å². The Hall–Kier alpha value is -0.550. The van der Waals surface area contributed by atoms with Crippen LogP contribution in [0.3, 0.4) is 0 Å². The average molecular weight is 213 g/mol. The molecule has 1 aromatic rings. The summed E-state index contributed by atoms with van der Waals surface area (Å²) in [6.07, 6.45) is -3.48. The summed E-state index contributed by atoms with van der Waals surface area (Å²) >= 11 is 9.76. The summed E-state index contributed by atoms with van der Waals surface area (Å²) < 4.78 is 36.2. The number of alkyl halides is 3. The van der Waals surface area contributed by atoms with Crippen LogP contribution in [0, 0.1) is 0 Å². The number of aromatic nitrogens is 1. The lowest BCUT2D eigenvalue weighted by atomic mass is 10.2. The molecular weight excluding hydrogens is 211 g/mol. The summed E-state index contributed by atoms with van der Waals surface area (Å²) in [5.74, 6) is 0.